The van der Waals surface area contributed by atoms with E-state index in [9.17, 15) is 15.0 Å². The maximum atomic E-state index is 13.6. The second-order valence-electron chi connectivity index (χ2n) is 14.2. The molecule has 4 N–H and O–H groups in total. The number of anilines is 2. The minimum Gasteiger partial charge on any atom is -0.553 e. The Kier molecular flexibility index (Phi) is 14.3. The van der Waals surface area contributed by atoms with Crippen LogP contribution >= 0.6 is 11.6 Å². The van der Waals surface area contributed by atoms with Crippen LogP contribution in [0.2, 0.25) is 0 Å². The molecule has 0 radical (unpaired) electrons. The predicted octanol–water partition coefficient (Wildman–Crippen LogP) is 3.62. The van der Waals surface area contributed by atoms with E-state index in [-0.39, 0.29) is 68.9 Å². The number of alkyl halides is 1. The van der Waals surface area contributed by atoms with Gasteiger partial charge in [0.15, 0.2) is 0 Å². The Hall–Kier alpha value is -2.36. The van der Waals surface area contributed by atoms with Crippen LogP contribution in [0.25, 0.3) is 0 Å². The van der Waals surface area contributed by atoms with Crippen molar-refractivity contribution in [3.63, 3.8) is 0 Å². The first-order valence-electron chi connectivity index (χ1n) is 18.6. The third-order valence-electron chi connectivity index (χ3n) is 10.9. The molecule has 4 aliphatic heterocycles. The van der Waals surface area contributed by atoms with E-state index in [1.807, 2.05) is 36.4 Å². The summed E-state index contributed by atoms with van der Waals surface area (Å²) in [7, 11) is 3.25. The van der Waals surface area contributed by atoms with Gasteiger partial charge in [0, 0.05) is 77.5 Å². The van der Waals surface area contributed by atoms with Crippen molar-refractivity contribution in [1.29, 1.82) is 5.41 Å². The molecular formula is C41H48ClKN4O7. The van der Waals surface area contributed by atoms with Crippen molar-refractivity contribution in [2.75, 3.05) is 62.3 Å². The first-order chi connectivity index (χ1) is 25.9. The number of ketones is 1. The predicted molar refractivity (Wildman–Crippen MR) is 204 cm³/mol. The van der Waals surface area contributed by atoms with E-state index < -0.39 is 11.3 Å². The second kappa shape index (κ2) is 18.7. The standard InChI is InChI=1S/C32H30N4O5.C9H18ClO2.K/c33-30-29(37)23-6-3-17(31(34)38)10-26(23)32(30)24-7-4-18(35-19-2-1-9-39-14-19)11-27(24)41-28-13-20(5-8-25(28)32)36-21-12-22(36)16-40-15-21;1-11-8-9-12-7-5-3-2-4-6-10;/h3-8,10-11,13,19,21-22,33,35H,1-2,9,12,14-16H2,(H2,34,38);1-9H2;/q;-1;+1. The zero-order chi connectivity index (χ0) is 37.0. The van der Waals surface area contributed by atoms with Crippen molar-refractivity contribution in [2.45, 2.75) is 68.5 Å². The van der Waals surface area contributed by atoms with Crippen LogP contribution in [0.3, 0.4) is 0 Å². The van der Waals surface area contributed by atoms with Crippen molar-refractivity contribution in [3.8, 4) is 11.5 Å². The summed E-state index contributed by atoms with van der Waals surface area (Å²) in [5.74, 6) is 0.982. The Bertz CT molecular complexity index is 1810. The Labute approximate surface area is 364 Å². The van der Waals surface area contributed by atoms with Gasteiger partial charge in [-0.2, -0.15) is 0 Å². The van der Waals surface area contributed by atoms with E-state index in [1.54, 1.807) is 18.2 Å². The van der Waals surface area contributed by atoms with Crippen LogP contribution in [0.5, 0.6) is 11.5 Å². The molecule has 11 nitrogen and oxygen atoms in total. The Morgan fingerprint density at radius 3 is 2.41 bits per heavy atom. The van der Waals surface area contributed by atoms with Gasteiger partial charge in [-0.3, -0.25) is 15.0 Å². The average molecular weight is 783 g/mol. The number of primary amides is 1. The fraction of sp³-hybridized carbons (Fsp3) is 0.463. The van der Waals surface area contributed by atoms with Crippen LogP contribution in [-0.2, 0) is 24.4 Å². The molecule has 0 aromatic heterocycles. The van der Waals surface area contributed by atoms with Crippen LogP contribution in [0.15, 0.2) is 54.6 Å². The quantitative estimate of drug-likeness (QED) is 0.103. The van der Waals surface area contributed by atoms with Crippen LogP contribution < -0.4 is 72.1 Å². The number of halogens is 1. The summed E-state index contributed by atoms with van der Waals surface area (Å²) in [5.41, 5.74) is 8.95. The van der Waals surface area contributed by atoms with Crippen molar-refractivity contribution in [2.24, 2.45) is 5.73 Å². The van der Waals surface area contributed by atoms with Gasteiger partial charge in [-0.1, -0.05) is 25.0 Å². The van der Waals surface area contributed by atoms with Gasteiger partial charge >= 0.3 is 51.4 Å². The molecule has 3 aromatic carbocycles. The molecule has 5 aliphatic rings. The number of unbranched alkanes of at least 4 members (excludes halogenated alkanes) is 3. The van der Waals surface area contributed by atoms with Gasteiger partial charge in [0.25, 0.3) is 0 Å². The number of rotatable bonds is 13. The Morgan fingerprint density at radius 1 is 0.944 bits per heavy atom. The van der Waals surface area contributed by atoms with E-state index in [1.165, 1.54) is 12.8 Å². The molecule has 4 atom stereocenters. The summed E-state index contributed by atoms with van der Waals surface area (Å²) in [6.07, 6.45) is 7.76. The van der Waals surface area contributed by atoms with Gasteiger partial charge in [-0.25, -0.2) is 7.11 Å². The smallest absolute Gasteiger partial charge is 0.553 e. The molecule has 54 heavy (non-hydrogen) atoms. The van der Waals surface area contributed by atoms with Crippen molar-refractivity contribution >= 4 is 40.4 Å². The number of ether oxygens (including phenoxy) is 5. The molecule has 3 saturated heterocycles. The van der Waals surface area contributed by atoms with E-state index in [0.29, 0.717) is 84.4 Å². The number of benzene rings is 3. The zero-order valence-corrected chi connectivity index (χ0v) is 34.9. The molecule has 1 aliphatic carbocycles. The van der Waals surface area contributed by atoms with Gasteiger partial charge in [-0.05, 0) is 68.0 Å². The van der Waals surface area contributed by atoms with Gasteiger partial charge < -0.3 is 39.6 Å². The number of fused-ring (bicyclic) bond motifs is 8. The number of carbonyl (C=O) groups is 2. The summed E-state index contributed by atoms with van der Waals surface area (Å²) in [6.45, 7) is 4.87. The van der Waals surface area contributed by atoms with Crippen LogP contribution in [0.1, 0.15) is 82.4 Å². The number of nitrogens with two attached hydrogens (primary N) is 1. The number of hydrogen-bond donors (Lipinski definition) is 3. The topological polar surface area (TPSA) is 145 Å². The summed E-state index contributed by atoms with van der Waals surface area (Å²) < 4.78 is 27.8. The Morgan fingerprint density at radius 2 is 1.70 bits per heavy atom. The minimum atomic E-state index is -1.24. The van der Waals surface area contributed by atoms with E-state index >= 15 is 0 Å². The summed E-state index contributed by atoms with van der Waals surface area (Å²) in [5, 5.41) is 12.9. The number of nitrogens with zero attached hydrogens (tertiary/aromatic N) is 1. The summed E-state index contributed by atoms with van der Waals surface area (Å²) >= 11 is 5.53. The maximum Gasteiger partial charge on any atom is 1.00 e. The van der Waals surface area contributed by atoms with Gasteiger partial charge in [-0.15, -0.1) is 11.6 Å². The monoisotopic (exact) mass is 782 g/mol. The molecule has 4 unspecified atom stereocenters. The molecule has 3 aromatic rings. The first-order valence-corrected chi connectivity index (χ1v) is 19.2. The van der Waals surface area contributed by atoms with Crippen LogP contribution in [0.4, 0.5) is 11.4 Å². The van der Waals surface area contributed by atoms with Crippen LogP contribution in [-0.4, -0.2) is 87.7 Å². The number of carbonyl (C=O) groups excluding carboxylic acids is 2. The zero-order valence-electron chi connectivity index (χ0n) is 31.0. The third kappa shape index (κ3) is 8.20. The van der Waals surface area contributed by atoms with Crippen molar-refractivity contribution < 1.29 is 84.7 Å². The summed E-state index contributed by atoms with van der Waals surface area (Å²) in [4.78, 5) is 28.2. The molecule has 1 spiro atoms. The number of morpholine rings is 1. The minimum absolute atomic E-state index is 0. The van der Waals surface area contributed by atoms with E-state index in [2.05, 4.69) is 22.1 Å². The fourth-order valence-corrected chi connectivity index (χ4v) is 8.45. The molecule has 3 fully saturated rings. The van der Waals surface area contributed by atoms with Gasteiger partial charge in [0.05, 0.1) is 49.6 Å². The maximum absolute atomic E-state index is 13.6. The number of nitrogens with one attached hydrogen (secondary N) is 2. The normalized spacial score (nSPS) is 23.1. The van der Waals surface area contributed by atoms with E-state index in [0.717, 1.165) is 62.6 Å². The molecule has 1 amide bonds. The van der Waals surface area contributed by atoms with Gasteiger partial charge in [0.2, 0.25) is 11.7 Å². The van der Waals surface area contributed by atoms with Crippen molar-refractivity contribution in [1.82, 2.24) is 0 Å². The van der Waals surface area contributed by atoms with E-state index in [4.69, 9.17) is 36.3 Å². The molecular weight excluding hydrogens is 735 g/mol. The Balaban J connectivity index is 0.000000333. The summed E-state index contributed by atoms with van der Waals surface area (Å²) in [6, 6.07) is 17.6. The number of hydrogen-bond acceptors (Lipinski definition) is 10. The molecule has 8 rings (SSSR count). The molecule has 0 saturated carbocycles. The molecule has 13 heteroatoms. The largest absolute Gasteiger partial charge is 1.00 e. The molecule has 2 bridgehead atoms. The fourth-order valence-electron chi connectivity index (χ4n) is 8.26. The second-order valence-corrected chi connectivity index (χ2v) is 14.6. The average Bonchev–Trinajstić information content (AvgIpc) is 3.39. The van der Waals surface area contributed by atoms with Crippen LogP contribution in [0, 0.1) is 12.5 Å². The van der Waals surface area contributed by atoms with Crippen molar-refractivity contribution in [3.05, 3.63) is 89.5 Å². The number of amides is 1. The third-order valence-corrected chi connectivity index (χ3v) is 11.1. The SMILES string of the molecule is N=C1C(=O)c2ccc(C(N)=O)cc2C12c1ccc(NC3CCCOC3)cc1Oc1cc(N3C4COCC3C4)ccc12.[CH2-]OCCOCCCCCCCl.[K+]. The first kappa shape index (κ1) is 41.3. The molecule has 282 valence electrons. The molecule has 4 heterocycles. The number of Topliss-reactive ketones (excluding diaryl/α,β-unsaturated/α-hetero) is 1. The van der Waals surface area contributed by atoms with Gasteiger partial charge in [0.1, 0.15) is 11.5 Å².